The SMILES string of the molecule is O=C1C(c2ccc3cccc4c3c2NB(C2CCCCC2)N4)=C(O)C1=c1ccc2cccc3c2c1=NB(C1CCCCC1)N3. The Balaban J connectivity index is 1.21. The highest BCUT2D eigenvalue weighted by molar-refractivity contribution is 6.69. The first-order valence-electron chi connectivity index (χ1n) is 16.6. The molecule has 4 aromatic carbocycles. The first kappa shape index (κ1) is 26.2. The minimum atomic E-state index is -0.110. The van der Waals surface area contributed by atoms with Gasteiger partial charge in [-0.3, -0.25) is 4.79 Å². The fraction of sp³-hybridized carbons (Fsp3) is 0.333. The van der Waals surface area contributed by atoms with Crippen molar-refractivity contribution in [2.24, 2.45) is 4.90 Å². The summed E-state index contributed by atoms with van der Waals surface area (Å²) < 4.78 is 0. The minimum Gasteiger partial charge on any atom is -0.506 e. The van der Waals surface area contributed by atoms with Crippen LogP contribution < -0.4 is 26.3 Å². The van der Waals surface area contributed by atoms with Gasteiger partial charge in [0.15, 0.2) is 0 Å². The third kappa shape index (κ3) is 3.96. The monoisotopic (exact) mass is 578 g/mol. The van der Waals surface area contributed by atoms with Crippen molar-refractivity contribution in [3.8, 4) is 0 Å². The second kappa shape index (κ2) is 10.2. The van der Waals surface area contributed by atoms with Crippen LogP contribution in [0.15, 0.2) is 71.3 Å². The molecule has 44 heavy (non-hydrogen) atoms. The molecule has 0 bridgehead atoms. The number of anilines is 3. The Bertz CT molecular complexity index is 2030. The molecule has 3 aliphatic carbocycles. The third-order valence-electron chi connectivity index (χ3n) is 10.9. The molecule has 2 heterocycles. The molecule has 0 spiro atoms. The van der Waals surface area contributed by atoms with Crippen LogP contribution in [0.25, 0.3) is 32.7 Å². The standard InChI is InChI=1S/C36H36B2N4O2/c43-35-31(25-19-17-21-9-7-15-27-29(21)33(25)41-37(39-27)23-11-3-1-4-12-23)36(44)32(35)26-20-18-22-10-8-16-28-30(22)34(26)42-38(40-28)24-13-5-2-6-14-24/h7-10,15-20,23-24,39-41,43H,1-6,11-14H2. The summed E-state index contributed by atoms with van der Waals surface area (Å²) in [5.74, 6) is 0.961. The van der Waals surface area contributed by atoms with Gasteiger partial charge >= 0.3 is 14.0 Å². The van der Waals surface area contributed by atoms with Crippen molar-refractivity contribution in [1.29, 1.82) is 0 Å². The molecule has 6 nitrogen and oxygen atoms in total. The largest absolute Gasteiger partial charge is 0.506 e. The van der Waals surface area contributed by atoms with Gasteiger partial charge in [-0.15, -0.1) is 0 Å². The molecule has 0 aromatic heterocycles. The predicted molar refractivity (Wildman–Crippen MR) is 183 cm³/mol. The van der Waals surface area contributed by atoms with Crippen LogP contribution in [0.3, 0.4) is 0 Å². The highest BCUT2D eigenvalue weighted by Gasteiger charge is 2.40. The fourth-order valence-electron chi connectivity index (χ4n) is 8.64. The van der Waals surface area contributed by atoms with E-state index in [9.17, 15) is 9.90 Å². The van der Waals surface area contributed by atoms with E-state index in [-0.39, 0.29) is 25.5 Å². The summed E-state index contributed by atoms with van der Waals surface area (Å²) >= 11 is 0. The zero-order valence-corrected chi connectivity index (χ0v) is 25.0. The van der Waals surface area contributed by atoms with E-state index in [4.69, 9.17) is 4.90 Å². The lowest BCUT2D eigenvalue weighted by Crippen LogP contribution is -2.43. The molecular weight excluding hydrogens is 542 g/mol. The van der Waals surface area contributed by atoms with Gasteiger partial charge in [0.1, 0.15) is 5.76 Å². The van der Waals surface area contributed by atoms with E-state index in [0.29, 0.717) is 22.8 Å². The maximum absolute atomic E-state index is 14.2. The molecule has 2 aliphatic heterocycles. The number of ketones is 1. The first-order chi connectivity index (χ1) is 21.7. The normalized spacial score (nSPS) is 21.5. The second-order valence-corrected chi connectivity index (χ2v) is 13.5. The number of aliphatic hydroxyl groups excluding tert-OH is 1. The molecule has 4 aromatic rings. The number of aliphatic hydroxyl groups is 1. The van der Waals surface area contributed by atoms with Gasteiger partial charge in [-0.2, -0.15) is 0 Å². The molecule has 0 unspecified atom stereocenters. The second-order valence-electron chi connectivity index (χ2n) is 13.5. The van der Waals surface area contributed by atoms with Crippen molar-refractivity contribution in [2.75, 3.05) is 15.7 Å². The molecule has 218 valence electrons. The highest BCUT2D eigenvalue weighted by Crippen LogP contribution is 2.46. The third-order valence-corrected chi connectivity index (χ3v) is 10.9. The van der Waals surface area contributed by atoms with Gasteiger partial charge in [0.25, 0.3) is 0 Å². The summed E-state index contributed by atoms with van der Waals surface area (Å²) in [7, 11) is 0. The summed E-state index contributed by atoms with van der Waals surface area (Å²) in [6.07, 6.45) is 12.3. The minimum absolute atomic E-state index is 0.0206. The quantitative estimate of drug-likeness (QED) is 0.193. The zero-order chi connectivity index (χ0) is 29.4. The van der Waals surface area contributed by atoms with Crippen molar-refractivity contribution in [3.63, 3.8) is 0 Å². The average molecular weight is 578 g/mol. The van der Waals surface area contributed by atoms with Crippen molar-refractivity contribution < 1.29 is 9.90 Å². The lowest BCUT2D eigenvalue weighted by Gasteiger charge is -2.35. The van der Waals surface area contributed by atoms with E-state index in [1.54, 1.807) is 0 Å². The van der Waals surface area contributed by atoms with Gasteiger partial charge in [0, 0.05) is 38.6 Å². The summed E-state index contributed by atoms with van der Waals surface area (Å²) in [4.78, 5) is 19.5. The Kier molecular flexibility index (Phi) is 6.07. The number of nitrogens with one attached hydrogen (secondary N) is 3. The van der Waals surface area contributed by atoms with Crippen LogP contribution in [-0.4, -0.2) is 24.9 Å². The molecule has 0 amide bonds. The molecule has 2 fully saturated rings. The average Bonchev–Trinajstić information content (AvgIpc) is 3.08. The topological polar surface area (TPSA) is 85.8 Å². The van der Waals surface area contributed by atoms with Gasteiger partial charge in [-0.05, 0) is 34.5 Å². The number of nitrogens with zero attached hydrogens (tertiary/aromatic N) is 1. The van der Waals surface area contributed by atoms with Crippen molar-refractivity contribution in [1.82, 2.24) is 0 Å². The predicted octanol–water partition coefficient (Wildman–Crippen LogP) is 7.22. The molecule has 8 heteroatoms. The van der Waals surface area contributed by atoms with Gasteiger partial charge in [0.2, 0.25) is 5.78 Å². The van der Waals surface area contributed by atoms with Crippen LogP contribution in [0, 0.1) is 0 Å². The Morgan fingerprint density at radius 2 is 1.34 bits per heavy atom. The number of benzene rings is 4. The maximum atomic E-state index is 14.2. The number of carbonyl (C=O) groups excluding carboxylic acids is 1. The number of Topliss-reactive ketones (excluding diaryl/α,β-unsaturated/α-hetero) is 1. The number of allylic oxidation sites excluding steroid dienone is 2. The number of carbonyl (C=O) groups is 1. The summed E-state index contributed by atoms with van der Waals surface area (Å²) in [5, 5.41) is 28.9. The first-order valence-corrected chi connectivity index (χ1v) is 16.6. The summed E-state index contributed by atoms with van der Waals surface area (Å²) in [6.45, 7) is 0.0787. The van der Waals surface area contributed by atoms with E-state index in [2.05, 4.69) is 64.2 Å². The number of hydrogen-bond donors (Lipinski definition) is 4. The van der Waals surface area contributed by atoms with Crippen molar-refractivity contribution in [3.05, 3.63) is 82.6 Å². The molecule has 5 aliphatic rings. The van der Waals surface area contributed by atoms with Crippen LogP contribution >= 0.6 is 0 Å². The lowest BCUT2D eigenvalue weighted by atomic mass is 9.55. The number of rotatable bonds is 3. The fourth-order valence-corrected chi connectivity index (χ4v) is 8.64. The Labute approximate surface area is 258 Å². The smallest absolute Gasteiger partial charge is 0.395 e. The molecule has 9 rings (SSSR count). The molecular formula is C36H36B2N4O2. The van der Waals surface area contributed by atoms with Crippen molar-refractivity contribution in [2.45, 2.75) is 75.8 Å². The maximum Gasteiger partial charge on any atom is 0.395 e. The zero-order valence-electron chi connectivity index (χ0n) is 25.0. The van der Waals surface area contributed by atoms with E-state index in [1.165, 1.54) is 51.4 Å². The van der Waals surface area contributed by atoms with Crippen LogP contribution in [-0.2, 0) is 4.79 Å². The van der Waals surface area contributed by atoms with Crippen LogP contribution in [0.1, 0.15) is 69.8 Å². The van der Waals surface area contributed by atoms with Crippen molar-refractivity contribution >= 4 is 69.5 Å². The Morgan fingerprint density at radius 3 is 2.07 bits per heavy atom. The Morgan fingerprint density at radius 1 is 0.682 bits per heavy atom. The van der Waals surface area contributed by atoms with Gasteiger partial charge in [0.05, 0.1) is 16.5 Å². The van der Waals surface area contributed by atoms with Gasteiger partial charge < -0.3 is 25.7 Å². The summed E-state index contributed by atoms with van der Waals surface area (Å²) in [6, 6.07) is 20.7. The highest BCUT2D eigenvalue weighted by atomic mass is 16.3. The summed E-state index contributed by atoms with van der Waals surface area (Å²) in [5.41, 5.74) is 4.69. The van der Waals surface area contributed by atoms with Crippen LogP contribution in [0.5, 0.6) is 0 Å². The van der Waals surface area contributed by atoms with Gasteiger partial charge in [-0.1, -0.05) is 113 Å². The van der Waals surface area contributed by atoms with Crippen LogP contribution in [0.4, 0.5) is 17.1 Å². The Hall–Kier alpha value is -4.19. The number of hydrogen-bond acceptors (Lipinski definition) is 6. The molecule has 4 N–H and O–H groups in total. The van der Waals surface area contributed by atoms with Crippen LogP contribution in [0.2, 0.25) is 11.6 Å². The molecule has 0 radical (unpaired) electrons. The molecule has 0 saturated heterocycles. The van der Waals surface area contributed by atoms with E-state index < -0.39 is 0 Å². The van der Waals surface area contributed by atoms with E-state index in [0.717, 1.165) is 67.6 Å². The molecule has 0 atom stereocenters. The van der Waals surface area contributed by atoms with Gasteiger partial charge in [-0.25, -0.2) is 0 Å². The van der Waals surface area contributed by atoms with E-state index in [1.807, 2.05) is 12.1 Å². The lowest BCUT2D eigenvalue weighted by molar-refractivity contribution is -0.109. The van der Waals surface area contributed by atoms with E-state index >= 15 is 0 Å². The molecule has 2 saturated carbocycles.